The number of carbonyl (C=O) groups excluding carboxylic acids is 2. The molecule has 1 unspecified atom stereocenters. The Kier molecular flexibility index (Phi) is 4.94. The molecule has 1 aromatic heterocycles. The van der Waals surface area contributed by atoms with Gasteiger partial charge in [-0.15, -0.1) is 0 Å². The van der Waals surface area contributed by atoms with Crippen molar-refractivity contribution in [3.8, 4) is 11.5 Å². The molecule has 1 N–H and O–H groups in total. The molecule has 0 spiro atoms. The Hall–Kier alpha value is -3.39. The maximum absolute atomic E-state index is 12.9. The van der Waals surface area contributed by atoms with E-state index < -0.39 is 17.7 Å². The highest BCUT2D eigenvalue weighted by molar-refractivity contribution is 6.46. The maximum atomic E-state index is 12.9. The lowest BCUT2D eigenvalue weighted by molar-refractivity contribution is -0.140. The van der Waals surface area contributed by atoms with Crippen molar-refractivity contribution < 1.29 is 24.2 Å². The Balaban J connectivity index is 1.81. The molecular weight excluding hydrogens is 374 g/mol. The SMILES string of the molecule is CN(C)CCN1C(=O)C(=O)C(=C(O)c2ccc3c(c2)OCO3)C1c1cccnc1. The van der Waals surface area contributed by atoms with Crippen LogP contribution >= 0.6 is 0 Å². The zero-order valence-electron chi connectivity index (χ0n) is 16.2. The van der Waals surface area contributed by atoms with Crippen molar-refractivity contribution in [3.63, 3.8) is 0 Å². The highest BCUT2D eigenvalue weighted by atomic mass is 16.7. The second kappa shape index (κ2) is 7.56. The summed E-state index contributed by atoms with van der Waals surface area (Å²) in [6, 6.07) is 7.72. The quantitative estimate of drug-likeness (QED) is 0.469. The van der Waals surface area contributed by atoms with E-state index in [0.29, 0.717) is 35.7 Å². The summed E-state index contributed by atoms with van der Waals surface area (Å²) in [6.45, 7) is 1.02. The van der Waals surface area contributed by atoms with Gasteiger partial charge in [-0.05, 0) is 43.9 Å². The highest BCUT2D eigenvalue weighted by Crippen LogP contribution is 2.41. The van der Waals surface area contributed by atoms with Gasteiger partial charge < -0.3 is 24.4 Å². The number of likely N-dealkylation sites (N-methyl/N-ethyl adjacent to an activating group) is 1. The van der Waals surface area contributed by atoms with Crippen LogP contribution in [0.2, 0.25) is 0 Å². The van der Waals surface area contributed by atoms with Gasteiger partial charge in [-0.3, -0.25) is 14.6 Å². The van der Waals surface area contributed by atoms with Crippen LogP contribution in [0.15, 0.2) is 48.3 Å². The van der Waals surface area contributed by atoms with Gasteiger partial charge >= 0.3 is 0 Å². The summed E-state index contributed by atoms with van der Waals surface area (Å²) in [5.74, 6) is -0.552. The summed E-state index contributed by atoms with van der Waals surface area (Å²) in [6.07, 6.45) is 3.22. The predicted molar refractivity (Wildman–Crippen MR) is 104 cm³/mol. The van der Waals surface area contributed by atoms with Gasteiger partial charge in [-0.2, -0.15) is 0 Å². The molecule has 0 bridgehead atoms. The molecule has 29 heavy (non-hydrogen) atoms. The standard InChI is InChI=1S/C21H21N3O5/c1-23(2)8-9-24-18(14-4-3-7-22-11-14)17(20(26)21(24)27)19(25)13-5-6-15-16(10-13)29-12-28-15/h3-7,10-11,18,25H,8-9,12H2,1-2H3. The monoisotopic (exact) mass is 395 g/mol. The molecule has 4 rings (SSSR count). The van der Waals surface area contributed by atoms with Crippen LogP contribution < -0.4 is 9.47 Å². The first kappa shape index (κ1) is 18.9. The number of likely N-dealkylation sites (tertiary alicyclic amines) is 1. The Bertz CT molecular complexity index is 987. The number of aliphatic hydroxyl groups is 1. The summed E-state index contributed by atoms with van der Waals surface area (Å²) in [7, 11) is 3.78. The Morgan fingerprint density at radius 3 is 2.76 bits per heavy atom. The van der Waals surface area contributed by atoms with E-state index >= 15 is 0 Å². The van der Waals surface area contributed by atoms with E-state index in [-0.39, 0.29) is 18.1 Å². The highest BCUT2D eigenvalue weighted by Gasteiger charge is 2.46. The number of aromatic nitrogens is 1. The van der Waals surface area contributed by atoms with Crippen LogP contribution in [0.1, 0.15) is 17.2 Å². The Labute approximate surface area is 168 Å². The molecule has 1 saturated heterocycles. The van der Waals surface area contributed by atoms with Crippen LogP contribution in [0.4, 0.5) is 0 Å². The number of amides is 1. The first-order valence-corrected chi connectivity index (χ1v) is 9.20. The van der Waals surface area contributed by atoms with E-state index in [4.69, 9.17) is 9.47 Å². The van der Waals surface area contributed by atoms with Crippen molar-refractivity contribution in [1.29, 1.82) is 0 Å². The smallest absolute Gasteiger partial charge is 0.295 e. The van der Waals surface area contributed by atoms with Gasteiger partial charge in [0.15, 0.2) is 11.5 Å². The topological polar surface area (TPSA) is 92.2 Å². The second-order valence-corrected chi connectivity index (χ2v) is 7.15. The Morgan fingerprint density at radius 2 is 2.03 bits per heavy atom. The lowest BCUT2D eigenvalue weighted by atomic mass is 9.96. The molecule has 0 saturated carbocycles. The zero-order chi connectivity index (χ0) is 20.5. The van der Waals surface area contributed by atoms with Gasteiger partial charge in [0.2, 0.25) is 6.79 Å². The van der Waals surface area contributed by atoms with E-state index in [9.17, 15) is 14.7 Å². The van der Waals surface area contributed by atoms with Crippen LogP contribution in [-0.4, -0.2) is 65.6 Å². The number of ether oxygens (including phenoxy) is 2. The number of fused-ring (bicyclic) bond motifs is 1. The molecule has 1 atom stereocenters. The molecule has 8 nitrogen and oxygen atoms in total. The van der Waals surface area contributed by atoms with Crippen LogP contribution in [-0.2, 0) is 9.59 Å². The van der Waals surface area contributed by atoms with Gasteiger partial charge in [-0.25, -0.2) is 0 Å². The number of hydrogen-bond acceptors (Lipinski definition) is 7. The third kappa shape index (κ3) is 3.42. The minimum Gasteiger partial charge on any atom is -0.507 e. The molecule has 8 heteroatoms. The molecule has 2 aliphatic heterocycles. The lowest BCUT2D eigenvalue weighted by Crippen LogP contribution is -2.35. The lowest BCUT2D eigenvalue weighted by Gasteiger charge is -2.26. The van der Waals surface area contributed by atoms with E-state index in [1.54, 1.807) is 42.7 Å². The average molecular weight is 395 g/mol. The third-order valence-corrected chi connectivity index (χ3v) is 4.97. The number of ketones is 1. The average Bonchev–Trinajstić information content (AvgIpc) is 3.29. The van der Waals surface area contributed by atoms with Crippen LogP contribution in [0.3, 0.4) is 0 Å². The molecule has 3 heterocycles. The summed E-state index contributed by atoms with van der Waals surface area (Å²) >= 11 is 0. The van der Waals surface area contributed by atoms with Gasteiger partial charge in [0.25, 0.3) is 11.7 Å². The molecule has 1 amide bonds. The van der Waals surface area contributed by atoms with E-state index in [1.807, 2.05) is 19.0 Å². The van der Waals surface area contributed by atoms with Gasteiger partial charge in [0.05, 0.1) is 11.6 Å². The number of carbonyl (C=O) groups is 2. The molecule has 0 radical (unpaired) electrons. The van der Waals surface area contributed by atoms with Crippen LogP contribution in [0, 0.1) is 0 Å². The van der Waals surface area contributed by atoms with Crippen molar-refractivity contribution in [2.45, 2.75) is 6.04 Å². The van der Waals surface area contributed by atoms with E-state index in [2.05, 4.69) is 4.98 Å². The van der Waals surface area contributed by atoms with Crippen molar-refractivity contribution in [1.82, 2.24) is 14.8 Å². The normalized spacial score (nSPS) is 20.0. The van der Waals surface area contributed by atoms with Crippen LogP contribution in [0.5, 0.6) is 11.5 Å². The van der Waals surface area contributed by atoms with Crippen LogP contribution in [0.25, 0.3) is 5.76 Å². The molecule has 2 aromatic rings. The van der Waals surface area contributed by atoms with Crippen molar-refractivity contribution >= 4 is 17.4 Å². The summed E-state index contributed by atoms with van der Waals surface area (Å²) in [5.41, 5.74) is 1.09. The van der Waals surface area contributed by atoms with Crippen molar-refractivity contribution in [3.05, 3.63) is 59.4 Å². The summed E-state index contributed by atoms with van der Waals surface area (Å²) in [4.78, 5) is 33.2. The first-order valence-electron chi connectivity index (χ1n) is 9.20. The number of pyridine rings is 1. The number of Topliss-reactive ketones (excluding diaryl/α,β-unsaturated/α-hetero) is 1. The fourth-order valence-electron chi connectivity index (χ4n) is 3.50. The van der Waals surface area contributed by atoms with Gasteiger partial charge in [0, 0.05) is 31.0 Å². The minimum absolute atomic E-state index is 0.0422. The number of nitrogens with zero attached hydrogens (tertiary/aromatic N) is 3. The first-order chi connectivity index (χ1) is 14.0. The number of benzene rings is 1. The van der Waals surface area contributed by atoms with E-state index in [1.165, 1.54) is 4.90 Å². The molecule has 0 aliphatic carbocycles. The maximum Gasteiger partial charge on any atom is 0.295 e. The molecule has 1 fully saturated rings. The number of aliphatic hydroxyl groups excluding tert-OH is 1. The molecule has 150 valence electrons. The molecule has 1 aromatic carbocycles. The predicted octanol–water partition coefficient (Wildman–Crippen LogP) is 1.79. The fraction of sp³-hybridized carbons (Fsp3) is 0.286. The summed E-state index contributed by atoms with van der Waals surface area (Å²) in [5, 5.41) is 11.0. The largest absolute Gasteiger partial charge is 0.507 e. The molecule has 2 aliphatic rings. The van der Waals surface area contributed by atoms with E-state index in [0.717, 1.165) is 0 Å². The Morgan fingerprint density at radius 1 is 1.24 bits per heavy atom. The van der Waals surface area contributed by atoms with Crippen molar-refractivity contribution in [2.24, 2.45) is 0 Å². The second-order valence-electron chi connectivity index (χ2n) is 7.15. The number of rotatable bonds is 5. The fourth-order valence-corrected chi connectivity index (χ4v) is 3.50. The zero-order valence-corrected chi connectivity index (χ0v) is 16.2. The minimum atomic E-state index is -0.715. The number of hydrogen-bond donors (Lipinski definition) is 1. The molecular formula is C21H21N3O5. The van der Waals surface area contributed by atoms with Crippen molar-refractivity contribution in [2.75, 3.05) is 34.0 Å². The summed E-state index contributed by atoms with van der Waals surface area (Å²) < 4.78 is 10.7. The third-order valence-electron chi connectivity index (χ3n) is 4.97. The van der Waals surface area contributed by atoms with Gasteiger partial charge in [-0.1, -0.05) is 6.07 Å². The van der Waals surface area contributed by atoms with Gasteiger partial charge in [0.1, 0.15) is 5.76 Å².